The number of hydrogen-bond donors (Lipinski definition) is 4. The van der Waals surface area contributed by atoms with E-state index in [1.165, 1.54) is 0 Å². The number of carbonyl (C=O) groups excluding carboxylic acids is 2. The first-order valence-corrected chi connectivity index (χ1v) is 9.44. The van der Waals surface area contributed by atoms with Crippen molar-refractivity contribution in [3.05, 3.63) is 29.8 Å². The van der Waals surface area contributed by atoms with E-state index >= 15 is 0 Å². The summed E-state index contributed by atoms with van der Waals surface area (Å²) in [6.45, 7) is 4.82. The topological polar surface area (TPSA) is 116 Å². The Morgan fingerprint density at radius 2 is 1.83 bits per heavy atom. The van der Waals surface area contributed by atoms with Gasteiger partial charge in [-0.25, -0.2) is 17.9 Å². The lowest BCUT2D eigenvalue weighted by atomic mass is 10.1. The maximum absolute atomic E-state index is 12.0. The molecule has 0 saturated heterocycles. The van der Waals surface area contributed by atoms with Crippen LogP contribution in [0.2, 0.25) is 0 Å². The van der Waals surface area contributed by atoms with Crippen LogP contribution in [0.25, 0.3) is 0 Å². The zero-order valence-electron chi connectivity index (χ0n) is 14.0. The van der Waals surface area contributed by atoms with E-state index in [1.54, 1.807) is 24.3 Å². The molecule has 0 radical (unpaired) electrons. The van der Waals surface area contributed by atoms with Gasteiger partial charge in [-0.3, -0.25) is 4.79 Å². The molecule has 1 aromatic carbocycles. The molecule has 0 aliphatic carbocycles. The van der Waals surface area contributed by atoms with E-state index in [9.17, 15) is 18.0 Å². The van der Waals surface area contributed by atoms with Crippen molar-refractivity contribution in [2.75, 3.05) is 31.2 Å². The van der Waals surface area contributed by atoms with Gasteiger partial charge in [0.15, 0.2) is 0 Å². The lowest BCUT2D eigenvalue weighted by Gasteiger charge is -2.10. The van der Waals surface area contributed by atoms with E-state index in [2.05, 4.69) is 20.7 Å². The van der Waals surface area contributed by atoms with Gasteiger partial charge in [0.25, 0.3) is 5.91 Å². The Labute approximate surface area is 142 Å². The maximum atomic E-state index is 12.0. The highest BCUT2D eigenvalue weighted by Crippen LogP contribution is 2.10. The summed E-state index contributed by atoms with van der Waals surface area (Å²) in [6.07, 6.45) is 1.04. The molecule has 0 spiro atoms. The zero-order chi connectivity index (χ0) is 18.2. The number of anilines is 1. The van der Waals surface area contributed by atoms with Crippen LogP contribution in [0.5, 0.6) is 0 Å². The van der Waals surface area contributed by atoms with Crippen molar-refractivity contribution >= 4 is 27.6 Å². The van der Waals surface area contributed by atoms with Crippen molar-refractivity contribution in [2.45, 2.75) is 13.8 Å². The second kappa shape index (κ2) is 9.24. The summed E-state index contributed by atoms with van der Waals surface area (Å²) in [4.78, 5) is 23.7. The first kappa shape index (κ1) is 19.9. The summed E-state index contributed by atoms with van der Waals surface area (Å²) in [6, 6.07) is 6.09. The molecule has 1 rings (SSSR count). The van der Waals surface area contributed by atoms with Gasteiger partial charge in [0.05, 0.1) is 6.26 Å². The van der Waals surface area contributed by atoms with Crippen LogP contribution in [0.3, 0.4) is 0 Å². The van der Waals surface area contributed by atoms with Crippen LogP contribution in [-0.4, -0.2) is 46.2 Å². The standard InChI is InChI=1S/C15H24N4O4S/c1-11(2)10-17-14(20)12-5-4-6-13(9-12)19-15(21)16-7-8-18-24(3,22)23/h4-6,9,11,18H,7-8,10H2,1-3H3,(H,17,20)(H2,16,19,21). The van der Waals surface area contributed by atoms with Gasteiger partial charge in [-0.1, -0.05) is 19.9 Å². The van der Waals surface area contributed by atoms with Crippen LogP contribution in [-0.2, 0) is 10.0 Å². The van der Waals surface area contributed by atoms with Crippen LogP contribution in [0.4, 0.5) is 10.5 Å². The second-order valence-electron chi connectivity index (χ2n) is 5.73. The Bertz CT molecular complexity index is 674. The SMILES string of the molecule is CC(C)CNC(=O)c1cccc(NC(=O)NCCNS(C)(=O)=O)c1. The number of hydrogen-bond acceptors (Lipinski definition) is 4. The van der Waals surface area contributed by atoms with Crippen LogP contribution in [0.1, 0.15) is 24.2 Å². The van der Waals surface area contributed by atoms with Crippen molar-refractivity contribution in [1.82, 2.24) is 15.4 Å². The van der Waals surface area contributed by atoms with Gasteiger partial charge in [-0.2, -0.15) is 0 Å². The van der Waals surface area contributed by atoms with Crippen molar-refractivity contribution in [3.63, 3.8) is 0 Å². The molecule has 3 amide bonds. The van der Waals surface area contributed by atoms with E-state index in [1.807, 2.05) is 13.8 Å². The highest BCUT2D eigenvalue weighted by molar-refractivity contribution is 7.88. The number of amides is 3. The molecule has 0 unspecified atom stereocenters. The Kier molecular flexibility index (Phi) is 7.66. The summed E-state index contributed by atoms with van der Waals surface area (Å²) < 4.78 is 24.0. The Morgan fingerprint density at radius 3 is 2.46 bits per heavy atom. The zero-order valence-corrected chi connectivity index (χ0v) is 14.9. The van der Waals surface area contributed by atoms with Crippen molar-refractivity contribution < 1.29 is 18.0 Å². The Hall–Kier alpha value is -2.13. The van der Waals surface area contributed by atoms with Crippen molar-refractivity contribution in [3.8, 4) is 0 Å². The summed E-state index contributed by atoms with van der Waals surface area (Å²) in [5, 5.41) is 7.91. The van der Waals surface area contributed by atoms with Gasteiger partial charge >= 0.3 is 6.03 Å². The fourth-order valence-electron chi connectivity index (χ4n) is 1.72. The van der Waals surface area contributed by atoms with Crippen LogP contribution < -0.4 is 20.7 Å². The first-order valence-electron chi connectivity index (χ1n) is 7.55. The quantitative estimate of drug-likeness (QED) is 0.514. The molecule has 134 valence electrons. The lowest BCUT2D eigenvalue weighted by molar-refractivity contribution is 0.0949. The third-order valence-electron chi connectivity index (χ3n) is 2.83. The number of nitrogens with one attached hydrogen (secondary N) is 4. The van der Waals surface area contributed by atoms with Crippen molar-refractivity contribution in [2.24, 2.45) is 5.92 Å². The highest BCUT2D eigenvalue weighted by Gasteiger charge is 2.08. The van der Waals surface area contributed by atoms with Crippen LogP contribution in [0, 0.1) is 5.92 Å². The fourth-order valence-corrected chi connectivity index (χ4v) is 2.20. The predicted octanol–water partition coefficient (Wildman–Crippen LogP) is 0.743. The minimum atomic E-state index is -3.27. The molecule has 0 fully saturated rings. The lowest BCUT2D eigenvalue weighted by Crippen LogP contribution is -2.36. The normalized spacial score (nSPS) is 11.2. The summed E-state index contributed by atoms with van der Waals surface area (Å²) in [5.41, 5.74) is 0.924. The number of rotatable bonds is 8. The fraction of sp³-hybridized carbons (Fsp3) is 0.467. The molecule has 4 N–H and O–H groups in total. The molecular weight excluding hydrogens is 332 g/mol. The summed E-state index contributed by atoms with van der Waals surface area (Å²) in [5.74, 6) is 0.145. The van der Waals surface area contributed by atoms with E-state index in [-0.39, 0.29) is 19.0 Å². The van der Waals surface area contributed by atoms with Crippen LogP contribution >= 0.6 is 0 Å². The van der Waals surface area contributed by atoms with Gasteiger partial charge in [0.1, 0.15) is 0 Å². The molecule has 1 aromatic rings. The van der Waals surface area contributed by atoms with E-state index in [0.29, 0.717) is 23.7 Å². The molecule has 9 heteroatoms. The average Bonchev–Trinajstić information content (AvgIpc) is 2.48. The maximum Gasteiger partial charge on any atom is 0.319 e. The highest BCUT2D eigenvalue weighted by atomic mass is 32.2. The molecule has 0 heterocycles. The first-order chi connectivity index (χ1) is 11.2. The van der Waals surface area contributed by atoms with E-state index < -0.39 is 16.1 Å². The number of urea groups is 1. The van der Waals surface area contributed by atoms with E-state index in [0.717, 1.165) is 6.26 Å². The Balaban J connectivity index is 2.48. The van der Waals surface area contributed by atoms with Gasteiger partial charge < -0.3 is 16.0 Å². The molecule has 0 saturated carbocycles. The third-order valence-corrected chi connectivity index (χ3v) is 3.56. The monoisotopic (exact) mass is 356 g/mol. The summed E-state index contributed by atoms with van der Waals surface area (Å²) in [7, 11) is -3.27. The smallest absolute Gasteiger partial charge is 0.319 e. The summed E-state index contributed by atoms with van der Waals surface area (Å²) >= 11 is 0. The third kappa shape index (κ3) is 8.49. The molecular formula is C15H24N4O4S. The molecule has 0 aliphatic heterocycles. The van der Waals surface area contributed by atoms with Gasteiger partial charge in [0.2, 0.25) is 10.0 Å². The minimum absolute atomic E-state index is 0.101. The molecule has 0 aliphatic rings. The molecule has 0 bridgehead atoms. The largest absolute Gasteiger partial charge is 0.352 e. The minimum Gasteiger partial charge on any atom is -0.352 e. The molecule has 0 aromatic heterocycles. The number of carbonyl (C=O) groups is 2. The number of sulfonamides is 1. The number of benzene rings is 1. The molecule has 0 atom stereocenters. The average molecular weight is 356 g/mol. The molecule has 24 heavy (non-hydrogen) atoms. The van der Waals surface area contributed by atoms with Crippen LogP contribution in [0.15, 0.2) is 24.3 Å². The van der Waals surface area contributed by atoms with Gasteiger partial charge in [-0.15, -0.1) is 0 Å². The van der Waals surface area contributed by atoms with Crippen molar-refractivity contribution in [1.29, 1.82) is 0 Å². The molecule has 8 nitrogen and oxygen atoms in total. The van der Waals surface area contributed by atoms with Gasteiger partial charge in [0, 0.05) is 30.9 Å². The van der Waals surface area contributed by atoms with E-state index in [4.69, 9.17) is 0 Å². The van der Waals surface area contributed by atoms with Gasteiger partial charge in [-0.05, 0) is 24.1 Å². The second-order valence-corrected chi connectivity index (χ2v) is 7.57. The predicted molar refractivity (Wildman–Crippen MR) is 93.5 cm³/mol. The Morgan fingerprint density at radius 1 is 1.12 bits per heavy atom.